The van der Waals surface area contributed by atoms with Crippen molar-refractivity contribution in [3.05, 3.63) is 30.1 Å². The minimum Gasteiger partial charge on any atom is -0.376 e. The third-order valence-electron chi connectivity index (χ3n) is 2.58. The van der Waals surface area contributed by atoms with Crippen molar-refractivity contribution in [1.29, 1.82) is 0 Å². The first-order chi connectivity index (χ1) is 8.34. The summed E-state index contributed by atoms with van der Waals surface area (Å²) in [5.41, 5.74) is 1.05. The molecule has 1 aromatic heterocycles. The molecule has 3 nitrogen and oxygen atoms in total. The fraction of sp³-hybridized carbons (Fsp3) is 0.500. The van der Waals surface area contributed by atoms with E-state index in [4.69, 9.17) is 17.0 Å². The lowest BCUT2D eigenvalue weighted by molar-refractivity contribution is 0.114. The Morgan fingerprint density at radius 3 is 3.24 bits per heavy atom. The van der Waals surface area contributed by atoms with E-state index in [1.165, 1.54) is 6.42 Å². The summed E-state index contributed by atoms with van der Waals surface area (Å²) >= 11 is 6.87. The van der Waals surface area contributed by atoms with Crippen molar-refractivity contribution in [2.75, 3.05) is 13.2 Å². The number of thioether (sulfide) groups is 1. The van der Waals surface area contributed by atoms with Gasteiger partial charge in [-0.05, 0) is 25.0 Å². The topological polar surface area (TPSA) is 34.1 Å². The second-order valence-corrected chi connectivity index (χ2v) is 5.57. The van der Waals surface area contributed by atoms with Gasteiger partial charge in [0.2, 0.25) is 0 Å². The molecule has 1 N–H and O–H groups in total. The molecule has 1 saturated heterocycles. The monoisotopic (exact) mass is 268 g/mol. The van der Waals surface area contributed by atoms with E-state index in [0.717, 1.165) is 35.3 Å². The Morgan fingerprint density at radius 2 is 2.53 bits per heavy atom. The predicted molar refractivity (Wildman–Crippen MR) is 75.1 cm³/mol. The average molecular weight is 268 g/mol. The lowest BCUT2D eigenvalue weighted by Crippen LogP contribution is -2.28. The third-order valence-corrected chi connectivity index (χ3v) is 3.92. The quantitative estimate of drug-likeness (QED) is 0.848. The van der Waals surface area contributed by atoms with E-state index in [1.54, 1.807) is 18.0 Å². The highest BCUT2D eigenvalue weighted by Crippen LogP contribution is 2.13. The Morgan fingerprint density at radius 1 is 1.59 bits per heavy atom. The molecule has 2 heterocycles. The van der Waals surface area contributed by atoms with E-state index >= 15 is 0 Å². The Kier molecular flexibility index (Phi) is 5.22. The van der Waals surface area contributed by atoms with Gasteiger partial charge in [-0.2, -0.15) is 0 Å². The molecule has 5 heteroatoms. The smallest absolute Gasteiger partial charge is 0.134 e. The zero-order chi connectivity index (χ0) is 11.9. The van der Waals surface area contributed by atoms with E-state index < -0.39 is 0 Å². The summed E-state index contributed by atoms with van der Waals surface area (Å²) < 4.78 is 6.35. The molecule has 0 bridgehead atoms. The number of nitrogens with zero attached hydrogens (tertiary/aromatic N) is 1. The average Bonchev–Trinajstić information content (AvgIpc) is 2.88. The minimum atomic E-state index is 0.336. The summed E-state index contributed by atoms with van der Waals surface area (Å²) in [4.78, 5) is 4.26. The molecule has 1 fully saturated rings. The zero-order valence-electron chi connectivity index (χ0n) is 9.59. The van der Waals surface area contributed by atoms with E-state index in [2.05, 4.69) is 10.3 Å². The number of rotatable bonds is 4. The highest BCUT2D eigenvalue weighted by Gasteiger charge is 2.15. The predicted octanol–water partition coefficient (Wildman–Crippen LogP) is 2.37. The number of aromatic nitrogens is 1. The molecule has 1 aliphatic rings. The summed E-state index contributed by atoms with van der Waals surface area (Å²) in [6, 6.07) is 5.92. The first-order valence-corrected chi connectivity index (χ1v) is 7.16. The van der Waals surface area contributed by atoms with Gasteiger partial charge in [0, 0.05) is 25.1 Å². The van der Waals surface area contributed by atoms with Crippen LogP contribution in [0.15, 0.2) is 24.4 Å². The number of thiocarbonyl (C=S) groups is 1. The van der Waals surface area contributed by atoms with E-state index in [-0.39, 0.29) is 0 Å². The zero-order valence-corrected chi connectivity index (χ0v) is 11.2. The first-order valence-electron chi connectivity index (χ1n) is 5.77. The van der Waals surface area contributed by atoms with Crippen LogP contribution >= 0.6 is 24.0 Å². The fourth-order valence-corrected chi connectivity index (χ4v) is 2.57. The van der Waals surface area contributed by atoms with Crippen LogP contribution in [0.4, 0.5) is 0 Å². The molecule has 1 atom stereocenters. The molecule has 0 aliphatic carbocycles. The van der Waals surface area contributed by atoms with Gasteiger partial charge in [-0.3, -0.25) is 4.98 Å². The fourth-order valence-electron chi connectivity index (χ4n) is 1.68. The second kappa shape index (κ2) is 6.93. The molecular formula is C12H16N2OS2. The van der Waals surface area contributed by atoms with Gasteiger partial charge in [0.05, 0.1) is 11.8 Å². The van der Waals surface area contributed by atoms with Gasteiger partial charge < -0.3 is 10.1 Å². The molecular weight excluding hydrogens is 252 g/mol. The van der Waals surface area contributed by atoms with Crippen LogP contribution in [0.25, 0.3) is 0 Å². The second-order valence-electron chi connectivity index (χ2n) is 3.91. The van der Waals surface area contributed by atoms with Crippen molar-refractivity contribution in [3.8, 4) is 0 Å². The number of ether oxygens (including phenoxy) is 1. The SMILES string of the molecule is S=C(NCC1CCCO1)SCc1ccccn1. The van der Waals surface area contributed by atoms with Gasteiger partial charge in [-0.1, -0.05) is 30.0 Å². The van der Waals surface area contributed by atoms with Crippen LogP contribution in [-0.4, -0.2) is 28.6 Å². The third kappa shape index (κ3) is 4.61. The minimum absolute atomic E-state index is 0.336. The van der Waals surface area contributed by atoms with Crippen LogP contribution in [0.1, 0.15) is 18.5 Å². The van der Waals surface area contributed by atoms with Gasteiger partial charge >= 0.3 is 0 Å². The largest absolute Gasteiger partial charge is 0.376 e. The van der Waals surface area contributed by atoms with Crippen LogP contribution in [0, 0.1) is 0 Å². The Hall–Kier alpha value is -0.650. The number of hydrogen-bond donors (Lipinski definition) is 1. The van der Waals surface area contributed by atoms with E-state index in [1.807, 2.05) is 18.2 Å². The van der Waals surface area contributed by atoms with E-state index in [9.17, 15) is 0 Å². The first kappa shape index (κ1) is 12.8. The maximum Gasteiger partial charge on any atom is 0.134 e. The number of hydrogen-bond acceptors (Lipinski definition) is 4. The maximum atomic E-state index is 5.52. The number of pyridine rings is 1. The van der Waals surface area contributed by atoms with Gasteiger partial charge in [-0.15, -0.1) is 0 Å². The molecule has 0 aromatic carbocycles. The molecule has 92 valence electrons. The highest BCUT2D eigenvalue weighted by atomic mass is 32.2. The molecule has 1 aliphatic heterocycles. The van der Waals surface area contributed by atoms with Gasteiger partial charge in [-0.25, -0.2) is 0 Å². The summed E-state index contributed by atoms with van der Waals surface area (Å²) in [7, 11) is 0. The van der Waals surface area contributed by atoms with Crippen LogP contribution in [0.3, 0.4) is 0 Å². The van der Waals surface area contributed by atoms with Crippen molar-refractivity contribution in [2.24, 2.45) is 0 Å². The molecule has 0 spiro atoms. The summed E-state index contributed by atoms with van der Waals surface area (Å²) in [6.45, 7) is 1.72. The lowest BCUT2D eigenvalue weighted by Gasteiger charge is -2.11. The van der Waals surface area contributed by atoms with Crippen LogP contribution in [-0.2, 0) is 10.5 Å². The van der Waals surface area contributed by atoms with E-state index in [0.29, 0.717) is 6.10 Å². The van der Waals surface area contributed by atoms with Crippen LogP contribution in [0.5, 0.6) is 0 Å². The number of nitrogens with one attached hydrogen (secondary N) is 1. The molecule has 0 radical (unpaired) electrons. The Bertz CT molecular complexity index is 353. The molecule has 2 rings (SSSR count). The van der Waals surface area contributed by atoms with Crippen LogP contribution in [0.2, 0.25) is 0 Å². The summed E-state index contributed by atoms with van der Waals surface area (Å²) in [6.07, 6.45) is 4.45. The van der Waals surface area contributed by atoms with Gasteiger partial charge in [0.15, 0.2) is 0 Å². The Balaban J connectivity index is 1.64. The standard InChI is InChI=1S/C12H16N2OS2/c16-12(14-8-11-5-3-7-15-11)17-9-10-4-1-2-6-13-10/h1-2,4,6,11H,3,5,7-9H2,(H,14,16). The van der Waals surface area contributed by atoms with Crippen molar-refractivity contribution in [1.82, 2.24) is 10.3 Å². The highest BCUT2D eigenvalue weighted by molar-refractivity contribution is 8.22. The molecule has 17 heavy (non-hydrogen) atoms. The molecule has 1 aromatic rings. The lowest BCUT2D eigenvalue weighted by atomic mass is 10.2. The molecule has 1 unspecified atom stereocenters. The van der Waals surface area contributed by atoms with Crippen molar-refractivity contribution in [3.63, 3.8) is 0 Å². The van der Waals surface area contributed by atoms with Gasteiger partial charge in [0.25, 0.3) is 0 Å². The Labute approximate surface area is 111 Å². The van der Waals surface area contributed by atoms with Gasteiger partial charge in [0.1, 0.15) is 4.32 Å². The molecule has 0 saturated carbocycles. The molecule has 0 amide bonds. The normalized spacial score (nSPS) is 19.2. The maximum absolute atomic E-state index is 5.52. The summed E-state index contributed by atoms with van der Waals surface area (Å²) in [5, 5.41) is 3.24. The van der Waals surface area contributed by atoms with Crippen molar-refractivity contribution >= 4 is 28.3 Å². The summed E-state index contributed by atoms with van der Waals surface area (Å²) in [5.74, 6) is 0.818. The van der Waals surface area contributed by atoms with Crippen molar-refractivity contribution in [2.45, 2.75) is 24.7 Å². The van der Waals surface area contributed by atoms with Crippen LogP contribution < -0.4 is 5.32 Å². The van der Waals surface area contributed by atoms with Crippen molar-refractivity contribution < 1.29 is 4.74 Å².